The third-order valence-electron chi connectivity index (χ3n) is 6.90. The average molecular weight is 505 g/mol. The Morgan fingerprint density at radius 1 is 1.16 bits per heavy atom. The zero-order valence-corrected chi connectivity index (χ0v) is 20.9. The molecule has 9 heteroatoms. The van der Waals surface area contributed by atoms with Gasteiger partial charge in [0.25, 0.3) is 5.69 Å². The maximum Gasteiger partial charge on any atom is 0.336 e. The topological polar surface area (TPSA) is 117 Å². The highest BCUT2D eigenvalue weighted by molar-refractivity contribution is 6.04. The predicted molar refractivity (Wildman–Crippen MR) is 134 cm³/mol. The summed E-state index contributed by atoms with van der Waals surface area (Å²) < 4.78 is 16.4. The molecule has 0 amide bonds. The number of nitrogens with zero attached hydrogens (tertiary/aromatic N) is 1. The van der Waals surface area contributed by atoms with E-state index < -0.39 is 16.8 Å². The number of esters is 1. The fourth-order valence-electron chi connectivity index (χ4n) is 5.24. The smallest absolute Gasteiger partial charge is 0.336 e. The summed E-state index contributed by atoms with van der Waals surface area (Å²) in [6.07, 6.45) is 0.762. The van der Waals surface area contributed by atoms with E-state index in [1.54, 1.807) is 6.92 Å². The number of ketones is 1. The second-order valence-electron chi connectivity index (χ2n) is 9.94. The van der Waals surface area contributed by atoms with E-state index in [4.69, 9.17) is 14.2 Å². The van der Waals surface area contributed by atoms with E-state index in [2.05, 4.69) is 5.32 Å². The van der Waals surface area contributed by atoms with Crippen molar-refractivity contribution in [1.29, 1.82) is 0 Å². The van der Waals surface area contributed by atoms with Gasteiger partial charge in [-0.1, -0.05) is 44.2 Å². The van der Waals surface area contributed by atoms with E-state index in [0.29, 0.717) is 29.1 Å². The van der Waals surface area contributed by atoms with Crippen molar-refractivity contribution in [1.82, 2.24) is 5.32 Å². The second-order valence-corrected chi connectivity index (χ2v) is 9.94. The summed E-state index contributed by atoms with van der Waals surface area (Å²) in [4.78, 5) is 38.8. The first-order valence-corrected chi connectivity index (χ1v) is 12.3. The maximum absolute atomic E-state index is 13.8. The maximum atomic E-state index is 13.8. The molecule has 0 spiro atoms. The molecule has 0 bridgehead atoms. The van der Waals surface area contributed by atoms with Crippen molar-refractivity contribution in [2.75, 3.05) is 13.4 Å². The van der Waals surface area contributed by atoms with Gasteiger partial charge in [-0.2, -0.15) is 0 Å². The molecule has 192 valence electrons. The molecule has 2 aromatic carbocycles. The SMILES string of the molecule is CC1=C(C(=O)OCC(C)C)[C@H](c2cc3c(cc2[N+](=O)[O-])OCO3)C2=C(C[C@@H](c3ccccc3)CC2=O)N1. The lowest BCUT2D eigenvalue weighted by Gasteiger charge is -2.36. The molecule has 3 aliphatic rings. The van der Waals surface area contributed by atoms with Crippen LogP contribution in [0.25, 0.3) is 0 Å². The molecule has 0 radical (unpaired) electrons. The molecule has 37 heavy (non-hydrogen) atoms. The first-order chi connectivity index (χ1) is 17.7. The molecule has 0 aromatic heterocycles. The van der Waals surface area contributed by atoms with Crippen molar-refractivity contribution in [3.05, 3.63) is 86.2 Å². The van der Waals surface area contributed by atoms with Crippen LogP contribution in [0.1, 0.15) is 56.6 Å². The van der Waals surface area contributed by atoms with E-state index >= 15 is 0 Å². The molecule has 1 aliphatic carbocycles. The van der Waals surface area contributed by atoms with Gasteiger partial charge >= 0.3 is 5.97 Å². The van der Waals surface area contributed by atoms with Gasteiger partial charge in [0.15, 0.2) is 17.3 Å². The Balaban J connectivity index is 1.66. The molecule has 0 unspecified atom stereocenters. The predicted octanol–water partition coefficient (Wildman–Crippen LogP) is 4.88. The second kappa shape index (κ2) is 9.72. The number of hydrogen-bond donors (Lipinski definition) is 1. The number of ether oxygens (including phenoxy) is 3. The highest BCUT2D eigenvalue weighted by atomic mass is 16.7. The summed E-state index contributed by atoms with van der Waals surface area (Å²) in [5, 5.41) is 15.5. The number of nitrogens with one attached hydrogen (secondary N) is 1. The lowest BCUT2D eigenvalue weighted by molar-refractivity contribution is -0.385. The van der Waals surface area contributed by atoms with Gasteiger partial charge in [-0.3, -0.25) is 14.9 Å². The van der Waals surface area contributed by atoms with Crippen LogP contribution in [0, 0.1) is 16.0 Å². The van der Waals surface area contributed by atoms with Crippen molar-refractivity contribution >= 4 is 17.4 Å². The number of nitro benzene ring substituents is 1. The zero-order valence-electron chi connectivity index (χ0n) is 20.9. The average Bonchev–Trinajstić information content (AvgIpc) is 3.33. The number of dihydropyridines is 1. The Hall–Kier alpha value is -4.14. The minimum Gasteiger partial charge on any atom is -0.462 e. The number of benzene rings is 2. The molecule has 2 atom stereocenters. The molecule has 1 N–H and O–H groups in total. The Morgan fingerprint density at radius 3 is 2.54 bits per heavy atom. The number of hydrogen-bond acceptors (Lipinski definition) is 8. The van der Waals surface area contributed by atoms with Gasteiger partial charge in [-0.05, 0) is 36.8 Å². The number of Topliss-reactive ketones (excluding diaryl/α,β-unsaturated/α-hetero) is 1. The highest BCUT2D eigenvalue weighted by Gasteiger charge is 2.44. The van der Waals surface area contributed by atoms with Gasteiger partial charge in [-0.15, -0.1) is 0 Å². The molecule has 0 fully saturated rings. The van der Waals surface area contributed by atoms with Gasteiger partial charge in [0.05, 0.1) is 29.1 Å². The lowest BCUT2D eigenvalue weighted by Crippen LogP contribution is -2.36. The summed E-state index contributed by atoms with van der Waals surface area (Å²) in [6, 6.07) is 12.6. The Kier molecular flexibility index (Phi) is 6.45. The quantitative estimate of drug-likeness (QED) is 0.336. The molecule has 2 aliphatic heterocycles. The largest absolute Gasteiger partial charge is 0.462 e. The van der Waals surface area contributed by atoms with Gasteiger partial charge in [0, 0.05) is 29.0 Å². The number of allylic oxidation sites excluding steroid dienone is 3. The molecule has 0 saturated heterocycles. The van der Waals surface area contributed by atoms with Crippen LogP contribution >= 0.6 is 0 Å². The fraction of sp³-hybridized carbons (Fsp3) is 0.357. The van der Waals surface area contributed by atoms with E-state index in [-0.39, 0.29) is 60.0 Å². The number of rotatable bonds is 6. The summed E-state index contributed by atoms with van der Waals surface area (Å²) >= 11 is 0. The minimum absolute atomic E-state index is 0.0467. The van der Waals surface area contributed by atoms with E-state index in [1.165, 1.54) is 12.1 Å². The van der Waals surface area contributed by atoms with Crippen LogP contribution in [0.4, 0.5) is 5.69 Å². The highest BCUT2D eigenvalue weighted by Crippen LogP contribution is 2.50. The molecule has 2 heterocycles. The van der Waals surface area contributed by atoms with Crippen LogP contribution in [0.5, 0.6) is 11.5 Å². The third-order valence-corrected chi connectivity index (χ3v) is 6.90. The van der Waals surface area contributed by atoms with Crippen LogP contribution in [0.15, 0.2) is 65.0 Å². The third kappa shape index (κ3) is 4.57. The summed E-state index contributed by atoms with van der Waals surface area (Å²) in [5.41, 5.74) is 2.71. The number of fused-ring (bicyclic) bond motifs is 1. The van der Waals surface area contributed by atoms with E-state index in [0.717, 1.165) is 5.56 Å². The Bertz CT molecular complexity index is 1340. The monoisotopic (exact) mass is 504 g/mol. The normalized spacial score (nSPS) is 20.6. The minimum atomic E-state index is -0.977. The molecule has 2 aromatic rings. The molecular weight excluding hydrogens is 476 g/mol. The zero-order chi connectivity index (χ0) is 26.3. The van der Waals surface area contributed by atoms with Crippen molar-refractivity contribution < 1.29 is 28.7 Å². The van der Waals surface area contributed by atoms with Crippen LogP contribution in [-0.4, -0.2) is 30.1 Å². The standard InChI is InChI=1S/C28H28N2O7/c1-15(2)13-35-28(32)25-16(3)29-20-9-18(17-7-5-4-6-8-17)10-22(31)27(20)26(25)19-11-23-24(37-14-36-23)12-21(19)30(33)34/h4-8,11-12,15,18,26,29H,9-10,13-14H2,1-3H3/t18-,26+/m1/s1. The van der Waals surface area contributed by atoms with Crippen LogP contribution in [0.2, 0.25) is 0 Å². The summed E-state index contributed by atoms with van der Waals surface area (Å²) in [5.74, 6) is -1.12. The van der Waals surface area contributed by atoms with Crippen molar-refractivity contribution in [3.8, 4) is 11.5 Å². The van der Waals surface area contributed by atoms with Crippen LogP contribution < -0.4 is 14.8 Å². The summed E-state index contributed by atoms with van der Waals surface area (Å²) in [7, 11) is 0. The fourth-order valence-corrected chi connectivity index (χ4v) is 5.24. The van der Waals surface area contributed by atoms with Crippen LogP contribution in [0.3, 0.4) is 0 Å². The Labute approximate surface area is 214 Å². The molecule has 0 saturated carbocycles. The number of carbonyl (C=O) groups excluding carboxylic acids is 2. The van der Waals surface area contributed by atoms with Crippen molar-refractivity contribution in [2.24, 2.45) is 5.92 Å². The van der Waals surface area contributed by atoms with Crippen LogP contribution in [-0.2, 0) is 14.3 Å². The molecular formula is C28H28N2O7. The molecule has 9 nitrogen and oxygen atoms in total. The van der Waals surface area contributed by atoms with E-state index in [9.17, 15) is 19.7 Å². The van der Waals surface area contributed by atoms with Gasteiger partial charge in [-0.25, -0.2) is 4.79 Å². The Morgan fingerprint density at radius 2 is 1.86 bits per heavy atom. The van der Waals surface area contributed by atoms with Gasteiger partial charge in [0.2, 0.25) is 6.79 Å². The lowest BCUT2D eigenvalue weighted by atomic mass is 9.71. The number of nitro groups is 1. The number of carbonyl (C=O) groups is 2. The molecule has 5 rings (SSSR count). The van der Waals surface area contributed by atoms with E-state index in [1.807, 2.05) is 44.2 Å². The summed E-state index contributed by atoms with van der Waals surface area (Å²) in [6.45, 7) is 5.69. The van der Waals surface area contributed by atoms with Gasteiger partial charge < -0.3 is 19.5 Å². The first kappa shape index (κ1) is 24.5. The van der Waals surface area contributed by atoms with Crippen molar-refractivity contribution in [3.63, 3.8) is 0 Å². The van der Waals surface area contributed by atoms with Crippen molar-refractivity contribution in [2.45, 2.75) is 45.4 Å². The first-order valence-electron chi connectivity index (χ1n) is 12.3. The van der Waals surface area contributed by atoms with Gasteiger partial charge in [0.1, 0.15) is 0 Å².